The van der Waals surface area contributed by atoms with E-state index in [2.05, 4.69) is 10.3 Å². The molecule has 1 aromatic carbocycles. The summed E-state index contributed by atoms with van der Waals surface area (Å²) in [6.07, 6.45) is -0.476. The van der Waals surface area contributed by atoms with Crippen LogP contribution in [-0.4, -0.2) is 35.7 Å². The van der Waals surface area contributed by atoms with Crippen molar-refractivity contribution in [2.24, 2.45) is 0 Å². The van der Waals surface area contributed by atoms with Gasteiger partial charge in [0.2, 0.25) is 6.10 Å². The van der Waals surface area contributed by atoms with Gasteiger partial charge in [-0.05, 0) is 31.2 Å². The second-order valence-electron chi connectivity index (χ2n) is 5.27. The number of carbonyl (C=O) groups is 2. The van der Waals surface area contributed by atoms with E-state index < -0.39 is 24.1 Å². The number of halogens is 1. The van der Waals surface area contributed by atoms with Crippen LogP contribution in [0.4, 0.5) is 5.69 Å². The van der Waals surface area contributed by atoms with Gasteiger partial charge in [-0.3, -0.25) is 4.79 Å². The van der Waals surface area contributed by atoms with Crippen LogP contribution in [0.15, 0.2) is 42.6 Å². The molecule has 0 saturated carbocycles. The Bertz CT molecular complexity index is 798. The Morgan fingerprint density at radius 1 is 1.28 bits per heavy atom. The van der Waals surface area contributed by atoms with Gasteiger partial charge >= 0.3 is 5.97 Å². The Balaban J connectivity index is 1.57. The van der Waals surface area contributed by atoms with Gasteiger partial charge in [-0.2, -0.15) is 0 Å². The summed E-state index contributed by atoms with van der Waals surface area (Å²) in [5, 5.41) is 2.70. The van der Waals surface area contributed by atoms with E-state index in [4.69, 9.17) is 25.8 Å². The van der Waals surface area contributed by atoms with E-state index in [0.29, 0.717) is 17.2 Å². The van der Waals surface area contributed by atoms with Crippen LogP contribution in [0.2, 0.25) is 5.15 Å². The second-order valence-corrected chi connectivity index (χ2v) is 5.63. The molecule has 1 N–H and O–H groups in total. The summed E-state index contributed by atoms with van der Waals surface area (Å²) in [6, 6.07) is 10.2. The Morgan fingerprint density at radius 3 is 2.80 bits per heavy atom. The van der Waals surface area contributed by atoms with Crippen molar-refractivity contribution in [1.82, 2.24) is 4.98 Å². The van der Waals surface area contributed by atoms with Gasteiger partial charge in [0.05, 0.1) is 5.69 Å². The smallest absolute Gasteiger partial charge is 0.351 e. The molecule has 8 heteroatoms. The third kappa shape index (κ3) is 4.00. The van der Waals surface area contributed by atoms with Crippen LogP contribution in [0.3, 0.4) is 0 Å². The first-order valence-corrected chi connectivity index (χ1v) is 7.93. The molecule has 1 amide bonds. The molecule has 1 aromatic heterocycles. The summed E-state index contributed by atoms with van der Waals surface area (Å²) in [7, 11) is 0. The molecule has 0 saturated heterocycles. The Kier molecular flexibility index (Phi) is 5.04. The van der Waals surface area contributed by atoms with Gasteiger partial charge in [0, 0.05) is 6.20 Å². The minimum atomic E-state index is -1.04. The third-order valence-corrected chi connectivity index (χ3v) is 3.75. The Labute approximate surface area is 148 Å². The van der Waals surface area contributed by atoms with Crippen LogP contribution in [0.5, 0.6) is 11.5 Å². The molecule has 130 valence electrons. The summed E-state index contributed by atoms with van der Waals surface area (Å²) in [5.41, 5.74) is 0.336. The molecule has 2 aromatic rings. The van der Waals surface area contributed by atoms with Crippen molar-refractivity contribution in [3.63, 3.8) is 0 Å². The lowest BCUT2D eigenvalue weighted by Gasteiger charge is -2.25. The number of benzene rings is 1. The highest BCUT2D eigenvalue weighted by molar-refractivity contribution is 6.32. The van der Waals surface area contributed by atoms with E-state index in [9.17, 15) is 9.59 Å². The minimum absolute atomic E-state index is 0.0125. The molecule has 25 heavy (non-hydrogen) atoms. The number of fused-ring (bicyclic) bond motifs is 1. The van der Waals surface area contributed by atoms with Gasteiger partial charge in [-0.25, -0.2) is 9.78 Å². The number of hydrogen-bond acceptors (Lipinski definition) is 6. The Hall–Kier alpha value is -2.80. The number of pyridine rings is 1. The van der Waals surface area contributed by atoms with Crippen LogP contribution >= 0.6 is 11.6 Å². The van der Waals surface area contributed by atoms with Crippen LogP contribution in [0, 0.1) is 0 Å². The summed E-state index contributed by atoms with van der Waals surface area (Å²) in [4.78, 5) is 28.2. The van der Waals surface area contributed by atoms with Crippen molar-refractivity contribution in [2.45, 2.75) is 19.1 Å². The number of esters is 1. The third-order valence-electron chi connectivity index (χ3n) is 3.45. The molecule has 1 aliphatic rings. The molecule has 7 nitrogen and oxygen atoms in total. The van der Waals surface area contributed by atoms with Crippen molar-refractivity contribution in [3.05, 3.63) is 47.7 Å². The lowest BCUT2D eigenvalue weighted by Crippen LogP contribution is -2.41. The summed E-state index contributed by atoms with van der Waals surface area (Å²) < 4.78 is 16.2. The lowest BCUT2D eigenvalue weighted by molar-refractivity contribution is -0.162. The number of amides is 1. The van der Waals surface area contributed by atoms with E-state index in [0.717, 1.165) is 0 Å². The topological polar surface area (TPSA) is 86.8 Å². The molecular formula is C17H15ClN2O5. The van der Waals surface area contributed by atoms with Gasteiger partial charge in [-0.1, -0.05) is 23.7 Å². The lowest BCUT2D eigenvalue weighted by atomic mass is 10.2. The first kappa shape index (κ1) is 17.0. The zero-order valence-corrected chi connectivity index (χ0v) is 14.0. The number of ether oxygens (including phenoxy) is 3. The predicted octanol–water partition coefficient (Wildman–Crippen LogP) is 2.45. The molecule has 0 spiro atoms. The van der Waals surface area contributed by atoms with Crippen LogP contribution in [0.25, 0.3) is 0 Å². The average Bonchev–Trinajstić information content (AvgIpc) is 2.63. The molecule has 0 fully saturated rings. The van der Waals surface area contributed by atoms with Crippen LogP contribution < -0.4 is 14.8 Å². The molecule has 1 aliphatic heterocycles. The second kappa shape index (κ2) is 7.40. The largest absolute Gasteiger partial charge is 0.485 e. The standard InChI is InChI=1S/C17H15ClN2O5/c1-10(16(21)20-11-5-4-8-19-15(11)18)24-17(22)14-9-23-12-6-2-3-7-13(12)25-14/h2-8,10,14H,9H2,1H3,(H,20,21)/t10-,14+/m0/s1. The highest BCUT2D eigenvalue weighted by Crippen LogP contribution is 2.31. The van der Waals surface area contributed by atoms with E-state index in [-0.39, 0.29) is 11.8 Å². The number of nitrogens with zero attached hydrogens (tertiary/aromatic N) is 1. The van der Waals surface area contributed by atoms with E-state index in [1.807, 2.05) is 0 Å². The fraction of sp³-hybridized carbons (Fsp3) is 0.235. The monoisotopic (exact) mass is 362 g/mol. The van der Waals surface area contributed by atoms with Gasteiger partial charge in [-0.15, -0.1) is 0 Å². The molecule has 3 rings (SSSR count). The number of para-hydroxylation sites is 2. The van der Waals surface area contributed by atoms with Crippen molar-refractivity contribution >= 4 is 29.2 Å². The average molecular weight is 363 g/mol. The number of nitrogens with one attached hydrogen (secondary N) is 1. The normalized spacial score (nSPS) is 16.6. The maximum absolute atomic E-state index is 12.2. The molecule has 0 bridgehead atoms. The number of rotatable bonds is 4. The van der Waals surface area contributed by atoms with Crippen molar-refractivity contribution < 1.29 is 23.8 Å². The van der Waals surface area contributed by atoms with Gasteiger partial charge < -0.3 is 19.5 Å². The molecule has 0 unspecified atom stereocenters. The molecule has 0 radical (unpaired) electrons. The summed E-state index contributed by atoms with van der Waals surface area (Å²) >= 11 is 5.88. The molecular weight excluding hydrogens is 348 g/mol. The zero-order chi connectivity index (χ0) is 17.8. The van der Waals surface area contributed by atoms with E-state index >= 15 is 0 Å². The first-order chi connectivity index (χ1) is 12.0. The number of anilines is 1. The molecule has 2 atom stereocenters. The predicted molar refractivity (Wildman–Crippen MR) is 89.8 cm³/mol. The highest BCUT2D eigenvalue weighted by Gasteiger charge is 2.31. The number of aromatic nitrogens is 1. The van der Waals surface area contributed by atoms with Crippen LogP contribution in [-0.2, 0) is 14.3 Å². The van der Waals surface area contributed by atoms with Crippen LogP contribution in [0.1, 0.15) is 6.92 Å². The maximum atomic E-state index is 12.2. The van der Waals surface area contributed by atoms with Crippen molar-refractivity contribution in [2.75, 3.05) is 11.9 Å². The summed E-state index contributed by atoms with van der Waals surface area (Å²) in [6.45, 7) is 1.47. The molecule has 0 aliphatic carbocycles. The highest BCUT2D eigenvalue weighted by atomic mass is 35.5. The van der Waals surface area contributed by atoms with Crippen molar-refractivity contribution in [3.8, 4) is 11.5 Å². The van der Waals surface area contributed by atoms with Gasteiger partial charge in [0.1, 0.15) is 6.61 Å². The first-order valence-electron chi connectivity index (χ1n) is 7.55. The molecule has 2 heterocycles. The SMILES string of the molecule is C[C@H](OC(=O)[C@H]1COc2ccccc2O1)C(=O)Nc1cccnc1Cl. The number of carbonyl (C=O) groups excluding carboxylic acids is 2. The maximum Gasteiger partial charge on any atom is 0.351 e. The number of hydrogen-bond donors (Lipinski definition) is 1. The zero-order valence-electron chi connectivity index (χ0n) is 13.3. The van der Waals surface area contributed by atoms with Crippen molar-refractivity contribution in [1.29, 1.82) is 0 Å². The minimum Gasteiger partial charge on any atom is -0.485 e. The van der Waals surface area contributed by atoms with Gasteiger partial charge in [0.15, 0.2) is 22.8 Å². The fourth-order valence-electron chi connectivity index (χ4n) is 2.15. The quantitative estimate of drug-likeness (QED) is 0.664. The summed E-state index contributed by atoms with van der Waals surface area (Å²) in [5.74, 6) is -0.201. The van der Waals surface area contributed by atoms with E-state index in [1.54, 1.807) is 36.4 Å². The van der Waals surface area contributed by atoms with E-state index in [1.165, 1.54) is 13.1 Å². The Morgan fingerprint density at radius 2 is 2.04 bits per heavy atom. The van der Waals surface area contributed by atoms with Gasteiger partial charge in [0.25, 0.3) is 5.91 Å². The fourth-order valence-corrected chi connectivity index (χ4v) is 2.32.